The summed E-state index contributed by atoms with van der Waals surface area (Å²) in [6.45, 7) is 21.2. The zero-order valence-corrected chi connectivity index (χ0v) is 33.5. The van der Waals surface area contributed by atoms with Gasteiger partial charge < -0.3 is 0 Å². The van der Waals surface area contributed by atoms with E-state index in [2.05, 4.69) is 189 Å². The normalized spacial score (nSPS) is 15.0. The molecule has 3 heteroatoms. The molecule has 1 spiro atoms. The van der Waals surface area contributed by atoms with Crippen molar-refractivity contribution in [1.82, 2.24) is 0 Å². The van der Waals surface area contributed by atoms with Crippen LogP contribution in [0.3, 0.4) is 0 Å². The summed E-state index contributed by atoms with van der Waals surface area (Å²) in [7, 11) is 0. The van der Waals surface area contributed by atoms with E-state index in [4.69, 9.17) is 4.74 Å². The molecule has 3 aliphatic heterocycles. The van der Waals surface area contributed by atoms with Crippen LogP contribution < -0.4 is 27.2 Å². The molecule has 0 aliphatic carbocycles. The fourth-order valence-electron chi connectivity index (χ4n) is 8.74. The quantitative estimate of drug-likeness (QED) is 0.156. The summed E-state index contributed by atoms with van der Waals surface area (Å²) in [6.07, 6.45) is 0. The van der Waals surface area contributed by atoms with E-state index in [-0.39, 0.29) is 16.2 Å². The van der Waals surface area contributed by atoms with E-state index >= 15 is 0 Å². The van der Waals surface area contributed by atoms with Crippen molar-refractivity contribution in [2.75, 3.05) is 4.90 Å². The number of benzene rings is 6. The van der Waals surface area contributed by atoms with Gasteiger partial charge in [0.2, 0.25) is 0 Å². The number of para-hydroxylation sites is 4. The molecule has 254 valence electrons. The van der Waals surface area contributed by atoms with E-state index in [1.165, 1.54) is 49.0 Å². The summed E-state index contributed by atoms with van der Waals surface area (Å²) in [5, 5.41) is 0. The van der Waals surface area contributed by atoms with E-state index < -0.39 is 13.3 Å². The van der Waals surface area contributed by atoms with Crippen molar-refractivity contribution in [1.29, 1.82) is 0 Å². The summed E-state index contributed by atoms with van der Waals surface area (Å²) in [6, 6.07) is 46.7. The Balaban J connectivity index is 1.41. The molecule has 6 aromatic rings. The fourth-order valence-corrected chi connectivity index (χ4v) is 20.7. The first kappa shape index (κ1) is 32.4. The molecule has 0 unspecified atom stereocenters. The van der Waals surface area contributed by atoms with Crippen molar-refractivity contribution in [2.45, 2.75) is 78.6 Å². The van der Waals surface area contributed by atoms with Crippen LogP contribution in [0.2, 0.25) is 0 Å². The van der Waals surface area contributed by atoms with E-state index in [0.717, 1.165) is 22.9 Å². The van der Waals surface area contributed by atoms with Gasteiger partial charge in [-0.2, -0.15) is 0 Å². The molecule has 0 saturated carbocycles. The van der Waals surface area contributed by atoms with Crippen LogP contribution >= 0.6 is 0 Å². The van der Waals surface area contributed by atoms with Gasteiger partial charge in [0.05, 0.1) is 0 Å². The Kier molecular flexibility index (Phi) is 6.82. The van der Waals surface area contributed by atoms with E-state index in [1.54, 1.807) is 13.2 Å². The molecule has 3 heterocycles. The average molecular weight is 727 g/mol. The molecule has 0 N–H and O–H groups in total. The molecular formula is C48H47GeNO. The summed E-state index contributed by atoms with van der Waals surface area (Å²) in [5.41, 5.74) is 13.3. The van der Waals surface area contributed by atoms with Gasteiger partial charge in [-0.05, 0) is 0 Å². The third-order valence-corrected chi connectivity index (χ3v) is 21.8. The third kappa shape index (κ3) is 4.68. The summed E-state index contributed by atoms with van der Waals surface area (Å²) >= 11 is -3.63. The number of hydrogen-bond donors (Lipinski definition) is 0. The van der Waals surface area contributed by atoms with Gasteiger partial charge in [-0.15, -0.1) is 0 Å². The molecule has 3 aliphatic rings. The van der Waals surface area contributed by atoms with E-state index in [9.17, 15) is 0 Å². The number of ether oxygens (including phenoxy) is 1. The molecule has 51 heavy (non-hydrogen) atoms. The van der Waals surface area contributed by atoms with Crippen LogP contribution in [0.4, 0.5) is 17.1 Å². The first-order chi connectivity index (χ1) is 24.2. The second kappa shape index (κ2) is 10.7. The second-order valence-electron chi connectivity index (χ2n) is 17.9. The van der Waals surface area contributed by atoms with Crippen LogP contribution in [-0.4, -0.2) is 13.3 Å². The SMILES string of the molecule is CC(C)(C)c1ccc2[c](c1)[Ge]1([c]3cc(N4c5ccccc5Oc5ccccc54)ccc3-2)[c]2cc(C(C)(C)C)ccc2-c2ccc(C(C)(C)C)c[c]21. The number of hydrogen-bond acceptors (Lipinski definition) is 2. The number of anilines is 3. The molecule has 6 aromatic carbocycles. The van der Waals surface area contributed by atoms with Gasteiger partial charge in [0, 0.05) is 0 Å². The zero-order chi connectivity index (χ0) is 35.7. The molecule has 2 nitrogen and oxygen atoms in total. The molecule has 0 saturated heterocycles. The molecule has 0 amide bonds. The Bertz CT molecular complexity index is 2270. The minimum atomic E-state index is -3.63. The molecular weight excluding hydrogens is 679 g/mol. The Morgan fingerprint density at radius 3 is 1.16 bits per heavy atom. The van der Waals surface area contributed by atoms with Gasteiger partial charge in [-0.1, -0.05) is 0 Å². The van der Waals surface area contributed by atoms with Crippen LogP contribution in [0.25, 0.3) is 22.3 Å². The van der Waals surface area contributed by atoms with Crippen LogP contribution in [-0.2, 0) is 16.2 Å². The minimum absolute atomic E-state index is 0.0321. The molecule has 0 atom stereocenters. The first-order valence-electron chi connectivity index (χ1n) is 18.4. The summed E-state index contributed by atoms with van der Waals surface area (Å²) in [4.78, 5) is 2.42. The molecule has 0 aromatic heterocycles. The van der Waals surface area contributed by atoms with Crippen molar-refractivity contribution in [3.05, 3.63) is 138 Å². The van der Waals surface area contributed by atoms with Gasteiger partial charge >= 0.3 is 308 Å². The number of nitrogens with zero attached hydrogens (tertiary/aromatic N) is 1. The molecule has 0 bridgehead atoms. The van der Waals surface area contributed by atoms with Crippen molar-refractivity contribution in [2.24, 2.45) is 0 Å². The molecule has 0 radical (unpaired) electrons. The Morgan fingerprint density at radius 1 is 0.412 bits per heavy atom. The summed E-state index contributed by atoms with van der Waals surface area (Å²) < 4.78 is 12.7. The van der Waals surface area contributed by atoms with Crippen molar-refractivity contribution in [3.63, 3.8) is 0 Å². The van der Waals surface area contributed by atoms with Gasteiger partial charge in [-0.25, -0.2) is 0 Å². The predicted octanol–water partition coefficient (Wildman–Crippen LogP) is 10.5. The Morgan fingerprint density at radius 2 is 0.765 bits per heavy atom. The topological polar surface area (TPSA) is 12.5 Å². The van der Waals surface area contributed by atoms with Gasteiger partial charge in [0.1, 0.15) is 0 Å². The van der Waals surface area contributed by atoms with Crippen LogP contribution in [0.1, 0.15) is 79.0 Å². The van der Waals surface area contributed by atoms with Crippen molar-refractivity contribution in [3.8, 4) is 33.8 Å². The maximum absolute atomic E-state index is 6.46. The van der Waals surface area contributed by atoms with Gasteiger partial charge in [-0.3, -0.25) is 0 Å². The van der Waals surface area contributed by atoms with E-state index in [1.807, 2.05) is 0 Å². The van der Waals surface area contributed by atoms with Gasteiger partial charge in [0.15, 0.2) is 0 Å². The maximum atomic E-state index is 6.46. The van der Waals surface area contributed by atoms with Crippen molar-refractivity contribution >= 4 is 47.9 Å². The third-order valence-electron chi connectivity index (χ3n) is 11.5. The molecule has 0 fully saturated rings. The van der Waals surface area contributed by atoms with E-state index in [0.29, 0.717) is 0 Å². The fraction of sp³-hybridized carbons (Fsp3) is 0.250. The summed E-state index contributed by atoms with van der Waals surface area (Å²) in [5.74, 6) is 1.76. The van der Waals surface area contributed by atoms with Crippen LogP contribution in [0, 0.1) is 0 Å². The predicted molar refractivity (Wildman–Crippen MR) is 219 cm³/mol. The molecule has 9 rings (SSSR count). The standard InChI is InChI=1S/C48H47GeNO/c1-46(2,3)30-18-22-34-35-23-19-31(47(4,5)6)27-39(35)49(38(34)26-30)40-28-32(48(7,8)9)20-24-36(40)37-25-21-33(29-41(37)49)50-42-14-10-12-16-44(42)51-45-17-13-11-15-43(45)50/h10-29H,1-9H3. The average Bonchev–Trinajstić information content (AvgIpc) is 3.55. The van der Waals surface area contributed by atoms with Crippen molar-refractivity contribution < 1.29 is 4.74 Å². The van der Waals surface area contributed by atoms with Gasteiger partial charge in [0.25, 0.3) is 0 Å². The monoisotopic (exact) mass is 727 g/mol. The first-order valence-corrected chi connectivity index (χ1v) is 22.6. The Hall–Kier alpha value is -4.54. The Labute approximate surface area is 306 Å². The van der Waals surface area contributed by atoms with Crippen LogP contribution in [0.5, 0.6) is 11.5 Å². The second-order valence-corrected chi connectivity index (χ2v) is 25.6. The van der Waals surface area contributed by atoms with Crippen LogP contribution in [0.15, 0.2) is 121 Å². The number of fused-ring (bicyclic) bond motifs is 12. The zero-order valence-electron chi connectivity index (χ0n) is 31.4. The number of rotatable bonds is 1.